The van der Waals surface area contributed by atoms with Crippen molar-refractivity contribution in [2.75, 3.05) is 6.54 Å². The summed E-state index contributed by atoms with van der Waals surface area (Å²) in [6.07, 6.45) is 0.311. The lowest BCUT2D eigenvalue weighted by molar-refractivity contribution is -0.142. The molecule has 1 heterocycles. The second-order valence-electron chi connectivity index (χ2n) is 5.18. The minimum atomic E-state index is -3.75. The van der Waals surface area contributed by atoms with Crippen molar-refractivity contribution in [2.24, 2.45) is 5.92 Å². The van der Waals surface area contributed by atoms with Crippen molar-refractivity contribution >= 4 is 16.0 Å². The summed E-state index contributed by atoms with van der Waals surface area (Å²) in [5.74, 6) is -1.66. The quantitative estimate of drug-likeness (QED) is 0.908. The number of hydrogen-bond acceptors (Lipinski definition) is 4. The van der Waals surface area contributed by atoms with Crippen LogP contribution in [-0.4, -0.2) is 36.4 Å². The lowest BCUT2D eigenvalue weighted by Crippen LogP contribution is -2.37. The number of carboxylic acids is 1. The maximum Gasteiger partial charge on any atom is 0.308 e. The van der Waals surface area contributed by atoms with Crippen LogP contribution in [0.3, 0.4) is 0 Å². The van der Waals surface area contributed by atoms with Gasteiger partial charge in [0, 0.05) is 12.6 Å². The van der Waals surface area contributed by atoms with Crippen molar-refractivity contribution in [3.8, 4) is 6.07 Å². The van der Waals surface area contributed by atoms with Crippen LogP contribution in [0.15, 0.2) is 23.1 Å². The lowest BCUT2D eigenvalue weighted by Gasteiger charge is -2.23. The zero-order valence-electron chi connectivity index (χ0n) is 11.8. The highest BCUT2D eigenvalue weighted by Gasteiger charge is 2.42. The Morgan fingerprint density at radius 3 is 2.62 bits per heavy atom. The zero-order valence-corrected chi connectivity index (χ0v) is 12.6. The van der Waals surface area contributed by atoms with E-state index < -0.39 is 28.0 Å². The SMILES string of the molecule is Cc1cc(C#N)ccc1S(=O)(=O)N1CCC(C(=O)O)C1C. The van der Waals surface area contributed by atoms with Crippen molar-refractivity contribution in [1.29, 1.82) is 5.26 Å². The second-order valence-corrected chi connectivity index (χ2v) is 7.04. The molecule has 1 saturated heterocycles. The predicted octanol–water partition coefficient (Wildman–Crippen LogP) is 1.35. The third-order valence-electron chi connectivity index (χ3n) is 3.90. The van der Waals surface area contributed by atoms with Crippen LogP contribution in [0.5, 0.6) is 0 Å². The summed E-state index contributed by atoms with van der Waals surface area (Å²) in [6, 6.07) is 5.76. The summed E-state index contributed by atoms with van der Waals surface area (Å²) < 4.78 is 26.6. The summed E-state index contributed by atoms with van der Waals surface area (Å²) in [4.78, 5) is 11.2. The molecule has 1 aliphatic rings. The highest BCUT2D eigenvalue weighted by atomic mass is 32.2. The molecular formula is C14H16N2O4S. The van der Waals surface area contributed by atoms with E-state index in [1.165, 1.54) is 22.5 Å². The maximum atomic E-state index is 12.7. The monoisotopic (exact) mass is 308 g/mol. The molecule has 0 amide bonds. The molecule has 0 spiro atoms. The largest absolute Gasteiger partial charge is 0.481 e. The number of aliphatic carboxylic acids is 1. The Bertz CT molecular complexity index is 721. The average molecular weight is 308 g/mol. The minimum absolute atomic E-state index is 0.124. The van der Waals surface area contributed by atoms with Gasteiger partial charge in [-0.25, -0.2) is 8.42 Å². The highest BCUT2D eigenvalue weighted by molar-refractivity contribution is 7.89. The first kappa shape index (κ1) is 15.5. The fourth-order valence-corrected chi connectivity index (χ4v) is 4.60. The van der Waals surface area contributed by atoms with Gasteiger partial charge in [-0.3, -0.25) is 4.79 Å². The zero-order chi connectivity index (χ0) is 15.8. The Kier molecular flexibility index (Phi) is 4.03. The van der Waals surface area contributed by atoms with Gasteiger partial charge in [-0.2, -0.15) is 9.57 Å². The van der Waals surface area contributed by atoms with Gasteiger partial charge >= 0.3 is 5.97 Å². The van der Waals surface area contributed by atoms with Gasteiger partial charge in [0.2, 0.25) is 10.0 Å². The van der Waals surface area contributed by atoms with Crippen LogP contribution in [0.4, 0.5) is 0 Å². The third kappa shape index (κ3) is 2.64. The first-order chi connectivity index (χ1) is 9.78. The standard InChI is InChI=1S/C14H16N2O4S/c1-9-7-11(8-15)3-4-13(9)21(19,20)16-6-5-12(10(16)2)14(17)18/h3-4,7,10,12H,5-6H2,1-2H3,(H,17,18). The Hall–Kier alpha value is -1.91. The third-order valence-corrected chi connectivity index (χ3v) is 6.05. The minimum Gasteiger partial charge on any atom is -0.481 e. The molecule has 6 nitrogen and oxygen atoms in total. The molecule has 2 atom stereocenters. The number of carbonyl (C=O) groups is 1. The smallest absolute Gasteiger partial charge is 0.308 e. The Balaban J connectivity index is 2.40. The van der Waals surface area contributed by atoms with Gasteiger partial charge < -0.3 is 5.11 Å². The van der Waals surface area contributed by atoms with Gasteiger partial charge in [0.05, 0.1) is 22.4 Å². The summed E-state index contributed by atoms with van der Waals surface area (Å²) >= 11 is 0. The Morgan fingerprint density at radius 1 is 1.48 bits per heavy atom. The molecule has 7 heteroatoms. The normalized spacial score (nSPS) is 22.9. The molecule has 1 fully saturated rings. The first-order valence-electron chi connectivity index (χ1n) is 6.54. The van der Waals surface area contributed by atoms with Gasteiger partial charge in [-0.05, 0) is 44.0 Å². The van der Waals surface area contributed by atoms with E-state index in [4.69, 9.17) is 10.4 Å². The number of sulfonamides is 1. The van der Waals surface area contributed by atoms with Crippen LogP contribution in [0, 0.1) is 24.2 Å². The van der Waals surface area contributed by atoms with E-state index in [-0.39, 0.29) is 11.4 Å². The Morgan fingerprint density at radius 2 is 2.14 bits per heavy atom. The van der Waals surface area contributed by atoms with Gasteiger partial charge in [-0.1, -0.05) is 0 Å². The maximum absolute atomic E-state index is 12.7. The first-order valence-corrected chi connectivity index (χ1v) is 7.98. The van der Waals surface area contributed by atoms with Crippen molar-refractivity contribution in [1.82, 2.24) is 4.31 Å². The summed E-state index contributed by atoms with van der Waals surface area (Å²) in [6.45, 7) is 3.44. The molecule has 2 rings (SSSR count). The fraction of sp³-hybridized carbons (Fsp3) is 0.429. The molecule has 0 aromatic heterocycles. The van der Waals surface area contributed by atoms with Gasteiger partial charge in [0.25, 0.3) is 0 Å². The molecule has 21 heavy (non-hydrogen) atoms. The summed E-state index contributed by atoms with van der Waals surface area (Å²) in [5, 5.41) is 17.9. The molecule has 1 aromatic carbocycles. The number of nitriles is 1. The van der Waals surface area contributed by atoms with Crippen molar-refractivity contribution in [3.63, 3.8) is 0 Å². The topological polar surface area (TPSA) is 98.5 Å². The molecule has 1 aliphatic heterocycles. The highest BCUT2D eigenvalue weighted by Crippen LogP contribution is 2.31. The number of rotatable bonds is 3. The average Bonchev–Trinajstić information content (AvgIpc) is 2.80. The molecule has 0 bridgehead atoms. The number of hydrogen-bond donors (Lipinski definition) is 1. The molecule has 1 N–H and O–H groups in total. The number of nitrogens with zero attached hydrogens (tertiary/aromatic N) is 2. The van der Waals surface area contributed by atoms with E-state index in [0.717, 1.165) is 0 Å². The van der Waals surface area contributed by atoms with Crippen LogP contribution < -0.4 is 0 Å². The number of aryl methyl sites for hydroxylation is 1. The number of benzene rings is 1. The molecule has 1 aromatic rings. The van der Waals surface area contributed by atoms with Crippen LogP contribution in [0.25, 0.3) is 0 Å². The van der Waals surface area contributed by atoms with Crippen LogP contribution >= 0.6 is 0 Å². The van der Waals surface area contributed by atoms with E-state index in [0.29, 0.717) is 17.5 Å². The molecule has 2 unspecified atom stereocenters. The molecule has 0 radical (unpaired) electrons. The van der Waals surface area contributed by atoms with Gasteiger partial charge in [-0.15, -0.1) is 0 Å². The van der Waals surface area contributed by atoms with Crippen LogP contribution in [-0.2, 0) is 14.8 Å². The fourth-order valence-electron chi connectivity index (χ4n) is 2.72. The van der Waals surface area contributed by atoms with Crippen LogP contribution in [0.1, 0.15) is 24.5 Å². The Labute approximate surface area is 123 Å². The van der Waals surface area contributed by atoms with E-state index in [1.807, 2.05) is 6.07 Å². The molecule has 0 aliphatic carbocycles. The summed E-state index contributed by atoms with van der Waals surface area (Å²) in [7, 11) is -3.75. The summed E-state index contributed by atoms with van der Waals surface area (Å²) in [5.41, 5.74) is 0.879. The van der Waals surface area contributed by atoms with Crippen molar-refractivity contribution < 1.29 is 18.3 Å². The molecule has 0 saturated carbocycles. The van der Waals surface area contributed by atoms with Crippen LogP contribution in [0.2, 0.25) is 0 Å². The van der Waals surface area contributed by atoms with Gasteiger partial charge in [0.15, 0.2) is 0 Å². The van der Waals surface area contributed by atoms with E-state index in [2.05, 4.69) is 0 Å². The van der Waals surface area contributed by atoms with E-state index in [1.54, 1.807) is 13.8 Å². The predicted molar refractivity (Wildman–Crippen MR) is 75.0 cm³/mol. The van der Waals surface area contributed by atoms with Crippen molar-refractivity contribution in [3.05, 3.63) is 29.3 Å². The van der Waals surface area contributed by atoms with Gasteiger partial charge in [0.1, 0.15) is 0 Å². The van der Waals surface area contributed by atoms with Crippen molar-refractivity contribution in [2.45, 2.75) is 31.2 Å². The second kappa shape index (κ2) is 5.47. The van der Waals surface area contributed by atoms with E-state index >= 15 is 0 Å². The number of carboxylic acid groups (broad SMARTS) is 1. The molecule has 112 valence electrons. The molecular weight excluding hydrogens is 292 g/mol. The van der Waals surface area contributed by atoms with E-state index in [9.17, 15) is 13.2 Å². The lowest BCUT2D eigenvalue weighted by atomic mass is 10.0.